The minimum atomic E-state index is -1.17. The van der Waals surface area contributed by atoms with Crippen molar-refractivity contribution in [1.29, 1.82) is 0 Å². The van der Waals surface area contributed by atoms with E-state index in [0.29, 0.717) is 29.5 Å². The van der Waals surface area contributed by atoms with Crippen LogP contribution in [0.5, 0.6) is 5.88 Å². The monoisotopic (exact) mass is 445 g/mol. The molecule has 0 atom stereocenters. The van der Waals surface area contributed by atoms with Crippen LogP contribution >= 0.6 is 11.6 Å². The van der Waals surface area contributed by atoms with E-state index in [4.69, 9.17) is 26.1 Å². The fraction of sp³-hybridized carbons (Fsp3) is 0.522. The number of hydrogen-bond donors (Lipinski definition) is 1. The highest BCUT2D eigenvalue weighted by atomic mass is 35.5. The van der Waals surface area contributed by atoms with Crippen LogP contribution in [-0.4, -0.2) is 52.4 Å². The summed E-state index contributed by atoms with van der Waals surface area (Å²) in [6.07, 6.45) is 4.05. The van der Waals surface area contributed by atoms with Crippen molar-refractivity contribution in [2.75, 3.05) is 24.6 Å². The third-order valence-corrected chi connectivity index (χ3v) is 6.24. The van der Waals surface area contributed by atoms with Crippen LogP contribution in [0.25, 0.3) is 11.3 Å². The van der Waals surface area contributed by atoms with Crippen LogP contribution in [0.1, 0.15) is 44.6 Å². The average molecular weight is 446 g/mol. The second kappa shape index (κ2) is 9.01. The van der Waals surface area contributed by atoms with E-state index in [1.807, 2.05) is 25.1 Å². The number of rotatable bonds is 8. The van der Waals surface area contributed by atoms with Crippen molar-refractivity contribution in [3.8, 4) is 17.1 Å². The van der Waals surface area contributed by atoms with Crippen LogP contribution in [0.4, 0.5) is 5.95 Å². The number of carboxylic acid groups (broad SMARTS) is 1. The standard InChI is InChI=1S/C23H28ClN3O4/c1-3-12-30-17-6-10-27(11-7-17)22-25-19(16-4-5-18(24)15(2)13-16)14-20(26-22)31-23(8-9-23)21(28)29/h4-5,13-14,17H,3,6-12H2,1-2H3,(H,28,29). The summed E-state index contributed by atoms with van der Waals surface area (Å²) in [5, 5.41) is 10.2. The topological polar surface area (TPSA) is 84.8 Å². The first-order valence-corrected chi connectivity index (χ1v) is 11.2. The maximum atomic E-state index is 11.6. The summed E-state index contributed by atoms with van der Waals surface area (Å²) in [5.74, 6) is -0.113. The molecule has 31 heavy (non-hydrogen) atoms. The number of nitrogens with zero attached hydrogens (tertiary/aromatic N) is 3. The number of anilines is 1. The lowest BCUT2D eigenvalue weighted by molar-refractivity contribution is -0.147. The van der Waals surface area contributed by atoms with E-state index in [2.05, 4.69) is 16.8 Å². The van der Waals surface area contributed by atoms with Crippen LogP contribution in [0.2, 0.25) is 5.02 Å². The van der Waals surface area contributed by atoms with E-state index >= 15 is 0 Å². The lowest BCUT2D eigenvalue weighted by Gasteiger charge is -2.32. The highest BCUT2D eigenvalue weighted by Gasteiger charge is 2.54. The Kier molecular flexibility index (Phi) is 6.34. The Labute approximate surface area is 187 Å². The molecule has 1 N–H and O–H groups in total. The van der Waals surface area contributed by atoms with Crippen molar-refractivity contribution < 1.29 is 19.4 Å². The predicted molar refractivity (Wildman–Crippen MR) is 119 cm³/mol. The molecule has 7 nitrogen and oxygen atoms in total. The zero-order chi connectivity index (χ0) is 22.0. The second-order valence-electron chi connectivity index (χ2n) is 8.31. The van der Waals surface area contributed by atoms with Gasteiger partial charge in [0, 0.05) is 49.2 Å². The Morgan fingerprint density at radius 3 is 2.61 bits per heavy atom. The van der Waals surface area contributed by atoms with Gasteiger partial charge < -0.3 is 19.5 Å². The van der Waals surface area contributed by atoms with Gasteiger partial charge in [0.25, 0.3) is 0 Å². The second-order valence-corrected chi connectivity index (χ2v) is 8.72. The smallest absolute Gasteiger partial charge is 0.348 e. The Bertz CT molecular complexity index is 956. The summed E-state index contributed by atoms with van der Waals surface area (Å²) >= 11 is 6.19. The molecule has 0 bridgehead atoms. The van der Waals surface area contributed by atoms with Gasteiger partial charge in [-0.05, 0) is 43.9 Å². The molecule has 166 valence electrons. The third kappa shape index (κ3) is 4.93. The van der Waals surface area contributed by atoms with Gasteiger partial charge in [-0.1, -0.05) is 24.6 Å². The Hall–Kier alpha value is -2.38. The van der Waals surface area contributed by atoms with Crippen LogP contribution in [-0.2, 0) is 9.53 Å². The van der Waals surface area contributed by atoms with Gasteiger partial charge in [0.05, 0.1) is 11.8 Å². The molecule has 2 heterocycles. The molecule has 1 saturated carbocycles. The first kappa shape index (κ1) is 21.8. The molecular formula is C23H28ClN3O4. The predicted octanol–water partition coefficient (Wildman–Crippen LogP) is 4.50. The zero-order valence-corrected chi connectivity index (χ0v) is 18.7. The number of hydrogen-bond acceptors (Lipinski definition) is 6. The van der Waals surface area contributed by atoms with Gasteiger partial charge in [-0.25, -0.2) is 9.78 Å². The molecule has 1 aliphatic carbocycles. The number of aromatic nitrogens is 2. The summed E-state index contributed by atoms with van der Waals surface area (Å²) < 4.78 is 11.8. The largest absolute Gasteiger partial charge is 0.478 e. The van der Waals surface area contributed by atoms with E-state index in [1.54, 1.807) is 6.07 Å². The summed E-state index contributed by atoms with van der Waals surface area (Å²) in [6.45, 7) is 6.39. The van der Waals surface area contributed by atoms with Gasteiger partial charge in [0.15, 0.2) is 0 Å². The van der Waals surface area contributed by atoms with Crippen molar-refractivity contribution in [2.45, 2.75) is 57.7 Å². The van der Waals surface area contributed by atoms with Gasteiger partial charge in [-0.2, -0.15) is 4.98 Å². The molecule has 0 unspecified atom stereocenters. The molecule has 0 spiro atoms. The van der Waals surface area contributed by atoms with E-state index in [0.717, 1.165) is 50.1 Å². The molecule has 0 radical (unpaired) electrons. The number of carbonyl (C=O) groups is 1. The summed E-state index contributed by atoms with van der Waals surface area (Å²) in [6, 6.07) is 7.42. The Morgan fingerprint density at radius 1 is 1.26 bits per heavy atom. The van der Waals surface area contributed by atoms with Gasteiger partial charge in [0.2, 0.25) is 17.4 Å². The molecule has 2 fully saturated rings. The Morgan fingerprint density at radius 2 is 2.00 bits per heavy atom. The lowest BCUT2D eigenvalue weighted by atomic mass is 10.1. The van der Waals surface area contributed by atoms with Crippen molar-refractivity contribution in [1.82, 2.24) is 9.97 Å². The highest BCUT2D eigenvalue weighted by molar-refractivity contribution is 6.31. The number of ether oxygens (including phenoxy) is 2. The molecule has 8 heteroatoms. The van der Waals surface area contributed by atoms with Gasteiger partial charge in [0.1, 0.15) is 0 Å². The Balaban J connectivity index is 1.62. The zero-order valence-electron chi connectivity index (χ0n) is 17.9. The van der Waals surface area contributed by atoms with Crippen molar-refractivity contribution in [2.24, 2.45) is 0 Å². The number of halogens is 1. The third-order valence-electron chi connectivity index (χ3n) is 5.82. The van der Waals surface area contributed by atoms with Gasteiger partial charge >= 0.3 is 5.97 Å². The minimum Gasteiger partial charge on any atom is -0.478 e. The number of carboxylic acids is 1. The van der Waals surface area contributed by atoms with Crippen molar-refractivity contribution >= 4 is 23.5 Å². The van der Waals surface area contributed by atoms with Gasteiger partial charge in [-0.15, -0.1) is 0 Å². The number of benzene rings is 1. The maximum absolute atomic E-state index is 11.6. The number of aryl methyl sites for hydroxylation is 1. The quantitative estimate of drug-likeness (QED) is 0.640. The van der Waals surface area contributed by atoms with E-state index in [-0.39, 0.29) is 12.0 Å². The number of piperidine rings is 1. The van der Waals surface area contributed by atoms with E-state index in [1.165, 1.54) is 0 Å². The van der Waals surface area contributed by atoms with Gasteiger partial charge in [-0.3, -0.25) is 0 Å². The highest BCUT2D eigenvalue weighted by Crippen LogP contribution is 2.41. The van der Waals surface area contributed by atoms with E-state index < -0.39 is 11.6 Å². The normalized spacial score (nSPS) is 18.1. The van der Waals surface area contributed by atoms with Crippen LogP contribution in [0, 0.1) is 6.92 Å². The lowest BCUT2D eigenvalue weighted by Crippen LogP contribution is -2.38. The summed E-state index contributed by atoms with van der Waals surface area (Å²) in [5.41, 5.74) is 1.35. The molecule has 2 aromatic rings. The fourth-order valence-electron chi connectivity index (χ4n) is 3.74. The molecule has 1 aromatic heterocycles. The first-order chi connectivity index (χ1) is 14.9. The molecular weight excluding hydrogens is 418 g/mol. The SMILES string of the molecule is CCCOC1CCN(c2nc(OC3(C(=O)O)CC3)cc(-c3ccc(Cl)c(C)c3)n2)CC1. The van der Waals surface area contributed by atoms with Crippen LogP contribution < -0.4 is 9.64 Å². The number of aliphatic carboxylic acids is 1. The molecule has 4 rings (SSSR count). The molecule has 2 aliphatic rings. The van der Waals surface area contributed by atoms with Crippen LogP contribution in [0.3, 0.4) is 0 Å². The first-order valence-electron chi connectivity index (χ1n) is 10.8. The summed E-state index contributed by atoms with van der Waals surface area (Å²) in [7, 11) is 0. The van der Waals surface area contributed by atoms with Crippen LogP contribution in [0.15, 0.2) is 24.3 Å². The molecule has 1 aromatic carbocycles. The average Bonchev–Trinajstić information content (AvgIpc) is 3.55. The minimum absolute atomic E-state index is 0.260. The molecule has 1 aliphatic heterocycles. The fourth-order valence-corrected chi connectivity index (χ4v) is 3.86. The maximum Gasteiger partial charge on any atom is 0.348 e. The van der Waals surface area contributed by atoms with E-state index in [9.17, 15) is 9.90 Å². The summed E-state index contributed by atoms with van der Waals surface area (Å²) in [4.78, 5) is 23.1. The van der Waals surface area contributed by atoms with Crippen molar-refractivity contribution in [3.63, 3.8) is 0 Å². The van der Waals surface area contributed by atoms with Crippen molar-refractivity contribution in [3.05, 3.63) is 34.9 Å². The molecule has 1 saturated heterocycles. The molecule has 0 amide bonds.